The van der Waals surface area contributed by atoms with Gasteiger partial charge >= 0.3 is 30.1 Å². The first kappa shape index (κ1) is 85.8. The standard InChI is InChI=1S/C66H96F3N13O18S3/c1-4-5-6-13-53(85)72-49-39-102-37-43-27-42(36-101-26-16-71-54(86)31-78-18-20-79(33-56(88)89)22-24-81(35-58(92)93)25-23-80(21-19-78)34-57(90)91)28-44(29-43)38-103-40-50(65(99)100)75-61(95)48(30-45-10-7-8-11-46(45)66(67,68)69)74-60(94)47(14-15-52(70)84)73-63(97)59(41(2)83)76-62(96)51-12-9-17-82(51)55(87)32-77(3)64(49)98/h7-8,10-11,27-29,41,47-51,59,83H,4-6,9,12-26,30-40H2,1-3H3,(H2,70,84)(H,71,86)(H,72,85)(H,73,97)(H,74,94)(H,75,95)(H,76,96)(H,88,89)(H,90,91)(H,92,93)(H,99,100)/t41-,47+,48+,49+,50+,51+,59+/m1/s1. The number of primary amides is 1. The van der Waals surface area contributed by atoms with E-state index in [1.807, 2.05) is 25.1 Å². The summed E-state index contributed by atoms with van der Waals surface area (Å²) in [6, 6.07) is -0.114. The first-order valence-electron chi connectivity index (χ1n) is 33.9. The van der Waals surface area contributed by atoms with E-state index in [1.165, 1.54) is 41.5 Å². The van der Waals surface area contributed by atoms with Gasteiger partial charge in [0.05, 0.1) is 44.4 Å². The zero-order valence-electron chi connectivity index (χ0n) is 58.0. The number of hydrogen-bond donors (Lipinski definition) is 12. The van der Waals surface area contributed by atoms with Crippen LogP contribution in [0.15, 0.2) is 42.5 Å². The summed E-state index contributed by atoms with van der Waals surface area (Å²) in [5.41, 5.74) is 5.89. The van der Waals surface area contributed by atoms with Crippen molar-refractivity contribution < 1.29 is 101 Å². The van der Waals surface area contributed by atoms with Gasteiger partial charge in [-0.25, -0.2) is 4.79 Å². The summed E-state index contributed by atoms with van der Waals surface area (Å²) in [5.74, 6) is -11.8. The Morgan fingerprint density at radius 2 is 1.24 bits per heavy atom. The molecule has 0 unspecified atom stereocenters. The van der Waals surface area contributed by atoms with Crippen molar-refractivity contribution in [1.82, 2.24) is 61.3 Å². The molecule has 3 aliphatic rings. The second-order valence-electron chi connectivity index (χ2n) is 25.5. The number of aliphatic hydroxyl groups excluding tert-OH is 1. The monoisotopic (exact) mass is 1510 g/mol. The van der Waals surface area contributed by atoms with E-state index < -0.39 is 157 Å². The predicted octanol–water partition coefficient (Wildman–Crippen LogP) is -0.563. The molecule has 572 valence electrons. The van der Waals surface area contributed by atoms with Gasteiger partial charge < -0.3 is 73.0 Å². The SMILES string of the molecule is CCCCCC(=O)N[C@H]1CSCc2cc(CSCCNC(=O)CN3CCN(CC(=O)O)CCN(CC(=O)O)CCN(CC(=O)O)CC3)cc(c2)CSC[C@@H](C(=O)O)NC(=O)[C@H](Cc2ccccc2C(F)(F)F)NC(=O)[C@H](CCC(N)=O)NC(=O)[C@H]([C@@H](C)O)NC(=O)[C@@H]2CCCN2C(=O)CN(C)C1=O. The van der Waals surface area contributed by atoms with Gasteiger partial charge in [-0.1, -0.05) is 56.2 Å². The lowest BCUT2D eigenvalue weighted by atomic mass is 9.98. The summed E-state index contributed by atoms with van der Waals surface area (Å²) < 4.78 is 43.5. The smallest absolute Gasteiger partial charge is 0.416 e. The lowest BCUT2D eigenvalue weighted by Gasteiger charge is -2.32. The van der Waals surface area contributed by atoms with E-state index >= 15 is 0 Å². The molecule has 2 aromatic carbocycles. The first-order valence-corrected chi connectivity index (χ1v) is 37.3. The maximum atomic E-state index is 14.5. The molecule has 0 radical (unpaired) electrons. The molecule has 0 spiro atoms. The maximum absolute atomic E-state index is 14.5. The fraction of sp³-hybridized carbons (Fsp3) is 0.621. The van der Waals surface area contributed by atoms with Crippen LogP contribution in [0.3, 0.4) is 0 Å². The normalized spacial score (nSPS) is 22.1. The average Bonchev–Trinajstić information content (AvgIpc) is 1.55. The molecule has 2 fully saturated rings. The van der Waals surface area contributed by atoms with E-state index in [1.54, 1.807) is 19.6 Å². The van der Waals surface area contributed by atoms with Crippen LogP contribution in [0.5, 0.6) is 0 Å². The van der Waals surface area contributed by atoms with Gasteiger partial charge in [0.2, 0.25) is 53.2 Å². The molecule has 3 aliphatic heterocycles. The van der Waals surface area contributed by atoms with Crippen LogP contribution in [-0.4, -0.2) is 297 Å². The Bertz CT molecular complexity index is 3240. The first-order chi connectivity index (χ1) is 48.8. The van der Waals surface area contributed by atoms with Crippen molar-refractivity contribution in [3.05, 3.63) is 70.3 Å². The minimum absolute atomic E-state index is 0.00967. The number of thioether (sulfide) groups is 3. The summed E-state index contributed by atoms with van der Waals surface area (Å²) in [4.78, 5) is 182. The van der Waals surface area contributed by atoms with Crippen LogP contribution in [0.25, 0.3) is 0 Å². The quantitative estimate of drug-likeness (QED) is 0.0554. The Balaban J connectivity index is 1.45. The number of carboxylic acids is 4. The van der Waals surface area contributed by atoms with Crippen molar-refractivity contribution in [2.75, 3.05) is 122 Å². The minimum atomic E-state index is -4.98. The van der Waals surface area contributed by atoms with Crippen LogP contribution in [0, 0.1) is 0 Å². The van der Waals surface area contributed by atoms with Crippen LogP contribution in [0.4, 0.5) is 13.2 Å². The maximum Gasteiger partial charge on any atom is 0.416 e. The molecular formula is C66H96F3N13O18S3. The number of halogens is 3. The summed E-state index contributed by atoms with van der Waals surface area (Å²) in [6.45, 7) is 3.29. The van der Waals surface area contributed by atoms with E-state index in [0.29, 0.717) is 29.9 Å². The average molecular weight is 1510 g/mol. The zero-order chi connectivity index (χ0) is 75.9. The summed E-state index contributed by atoms with van der Waals surface area (Å²) in [6.07, 6.45) is -6.16. The molecule has 2 bridgehead atoms. The van der Waals surface area contributed by atoms with Crippen LogP contribution in [0.1, 0.15) is 93.0 Å². The van der Waals surface area contributed by atoms with Gasteiger partial charge in [0.15, 0.2) is 0 Å². The summed E-state index contributed by atoms with van der Waals surface area (Å²) >= 11 is 3.78. The minimum Gasteiger partial charge on any atom is -0.480 e. The highest BCUT2D eigenvalue weighted by molar-refractivity contribution is 7.99. The van der Waals surface area contributed by atoms with Crippen molar-refractivity contribution in [2.45, 2.75) is 137 Å². The van der Waals surface area contributed by atoms with Gasteiger partial charge in [0.25, 0.3) is 0 Å². The highest BCUT2D eigenvalue weighted by atomic mass is 32.2. The number of nitrogens with zero attached hydrogens (tertiary/aromatic N) is 6. The van der Waals surface area contributed by atoms with Gasteiger partial charge in [-0.2, -0.15) is 48.5 Å². The van der Waals surface area contributed by atoms with Gasteiger partial charge in [-0.15, -0.1) is 0 Å². The number of aliphatic hydroxyl groups is 1. The molecule has 2 aromatic rings. The van der Waals surface area contributed by atoms with Gasteiger partial charge in [0.1, 0.15) is 36.3 Å². The van der Waals surface area contributed by atoms with Crippen molar-refractivity contribution in [3.8, 4) is 0 Å². The van der Waals surface area contributed by atoms with Crippen molar-refractivity contribution in [3.63, 3.8) is 0 Å². The Kier molecular flexibility index (Phi) is 36.2. The number of benzene rings is 2. The molecule has 37 heteroatoms. The summed E-state index contributed by atoms with van der Waals surface area (Å²) in [5, 5.41) is 65.4. The van der Waals surface area contributed by atoms with E-state index in [0.717, 1.165) is 65.8 Å². The number of nitrogens with one attached hydrogen (secondary N) is 6. The van der Waals surface area contributed by atoms with E-state index in [-0.39, 0.29) is 133 Å². The molecule has 9 amide bonds. The summed E-state index contributed by atoms with van der Waals surface area (Å²) in [7, 11) is 1.37. The zero-order valence-corrected chi connectivity index (χ0v) is 60.4. The number of fused-ring (bicyclic) bond motifs is 3. The number of alkyl halides is 3. The molecule has 103 heavy (non-hydrogen) atoms. The molecular weight excluding hydrogens is 1420 g/mol. The number of rotatable bonds is 25. The fourth-order valence-electron chi connectivity index (χ4n) is 11.7. The van der Waals surface area contributed by atoms with Gasteiger partial charge in [-0.05, 0) is 60.9 Å². The number of unbranched alkanes of at least 4 members (excludes halogenated alkanes) is 2. The van der Waals surface area contributed by atoms with E-state index in [4.69, 9.17) is 5.73 Å². The number of aliphatic carboxylic acids is 4. The second kappa shape index (κ2) is 43.5. The number of amides is 9. The van der Waals surface area contributed by atoms with E-state index in [9.17, 15) is 101 Å². The number of likely N-dealkylation sites (N-methyl/N-ethyl adjacent to an activating group) is 1. The number of carbonyl (C=O) groups excluding carboxylic acids is 9. The van der Waals surface area contributed by atoms with Crippen LogP contribution in [0.2, 0.25) is 0 Å². The third kappa shape index (κ3) is 30.8. The van der Waals surface area contributed by atoms with Crippen LogP contribution >= 0.6 is 35.3 Å². The fourth-order valence-corrected chi connectivity index (χ4v) is 14.5. The molecule has 3 heterocycles. The highest BCUT2D eigenvalue weighted by Gasteiger charge is 2.41. The van der Waals surface area contributed by atoms with Crippen molar-refractivity contribution >= 4 is 112 Å². The third-order valence-electron chi connectivity index (χ3n) is 17.1. The predicted molar refractivity (Wildman–Crippen MR) is 376 cm³/mol. The Morgan fingerprint density at radius 1 is 0.689 bits per heavy atom. The number of carboxylic acid groups (broad SMARTS) is 4. The molecule has 0 aromatic heterocycles. The number of carbonyl (C=O) groups is 13. The third-order valence-corrected chi connectivity index (χ3v) is 20.3. The topological polar surface area (TPSA) is 441 Å². The Labute approximate surface area is 607 Å². The molecule has 0 aliphatic carbocycles. The van der Waals surface area contributed by atoms with Gasteiger partial charge in [-0.3, -0.25) is 77.1 Å². The Hall–Kier alpha value is -7.81. The lowest BCUT2D eigenvalue weighted by Crippen LogP contribution is -2.61. The molecule has 5 rings (SSSR count). The number of nitrogens with two attached hydrogens (primary N) is 1. The van der Waals surface area contributed by atoms with Crippen LogP contribution < -0.4 is 37.6 Å². The van der Waals surface area contributed by atoms with Gasteiger partial charge in [0, 0.05) is 126 Å². The molecule has 31 nitrogen and oxygen atoms in total. The molecule has 7 atom stereocenters. The van der Waals surface area contributed by atoms with Crippen molar-refractivity contribution in [1.29, 1.82) is 0 Å². The van der Waals surface area contributed by atoms with Crippen molar-refractivity contribution in [2.24, 2.45) is 5.73 Å². The highest BCUT2D eigenvalue weighted by Crippen LogP contribution is 2.33. The Morgan fingerprint density at radius 3 is 1.79 bits per heavy atom. The lowest BCUT2D eigenvalue weighted by molar-refractivity contribution is -0.144. The molecule has 0 saturated carbocycles. The largest absolute Gasteiger partial charge is 0.480 e. The van der Waals surface area contributed by atoms with E-state index in [2.05, 4.69) is 31.9 Å². The van der Waals surface area contributed by atoms with Crippen LogP contribution in [-0.2, 0) is 92.2 Å². The number of hydrogen-bond acceptors (Lipinski definition) is 21. The second-order valence-corrected chi connectivity index (χ2v) is 28.7. The molecule has 13 N–H and O–H groups in total. The molecule has 2 saturated heterocycles.